The van der Waals surface area contributed by atoms with Crippen molar-refractivity contribution in [1.82, 2.24) is 15.0 Å². The van der Waals surface area contributed by atoms with Crippen molar-refractivity contribution in [3.8, 4) is 17.2 Å². The molecule has 0 aliphatic rings. The highest BCUT2D eigenvalue weighted by Crippen LogP contribution is 2.32. The highest BCUT2D eigenvalue weighted by atomic mass is 35.5. The number of benzene rings is 1. The van der Waals surface area contributed by atoms with E-state index in [2.05, 4.69) is 26.3 Å². The lowest BCUT2D eigenvalue weighted by molar-refractivity contribution is 0.548. The van der Waals surface area contributed by atoms with Gasteiger partial charge in [0.25, 0.3) is 0 Å². The Morgan fingerprint density at radius 1 is 1.06 bits per heavy atom. The number of rotatable bonds is 6. The van der Waals surface area contributed by atoms with Crippen molar-refractivity contribution in [2.45, 2.75) is 24.5 Å². The zero-order valence-corrected chi connectivity index (χ0v) is 20.6. The number of nitrogens with zero attached hydrogens (tertiary/aromatic N) is 4. The van der Waals surface area contributed by atoms with Gasteiger partial charge >= 0.3 is 0 Å². The molecule has 0 spiro atoms. The van der Waals surface area contributed by atoms with Gasteiger partial charge in [-0.3, -0.25) is 0 Å². The zero-order valence-electron chi connectivity index (χ0n) is 19.1. The van der Waals surface area contributed by atoms with E-state index in [4.69, 9.17) is 16.9 Å². The number of aryl methyl sites for hydroxylation is 1. The summed E-state index contributed by atoms with van der Waals surface area (Å²) in [6.07, 6.45) is 3.07. The normalized spacial score (nSPS) is 11.2. The quantitative estimate of drug-likeness (QED) is 0.255. The fourth-order valence-electron chi connectivity index (χ4n) is 3.61. The maximum atomic E-state index is 14.2. The predicted octanol–water partition coefficient (Wildman–Crippen LogP) is 5.68. The number of hydrogen-bond acceptors (Lipinski definition) is 7. The number of aromatic nitrogens is 3. The van der Waals surface area contributed by atoms with Crippen molar-refractivity contribution in [3.63, 3.8) is 0 Å². The summed E-state index contributed by atoms with van der Waals surface area (Å²) in [5.41, 5.74) is 3.04. The third kappa shape index (κ3) is 5.17. The predicted molar refractivity (Wildman–Crippen MR) is 131 cm³/mol. The largest absolute Gasteiger partial charge is 0.325 e. The molecule has 182 valence electrons. The molecule has 7 nitrogen and oxygen atoms in total. The molecule has 0 bridgehead atoms. The van der Waals surface area contributed by atoms with Crippen molar-refractivity contribution < 1.29 is 17.2 Å². The molecule has 0 atom stereocenters. The number of sulfone groups is 1. The van der Waals surface area contributed by atoms with Crippen LogP contribution in [-0.2, 0) is 15.6 Å². The Bertz CT molecular complexity index is 1640. The molecule has 36 heavy (non-hydrogen) atoms. The van der Waals surface area contributed by atoms with Gasteiger partial charge in [0.2, 0.25) is 0 Å². The van der Waals surface area contributed by atoms with Crippen molar-refractivity contribution >= 4 is 33.1 Å². The Hall–Kier alpha value is -3.94. The van der Waals surface area contributed by atoms with Crippen LogP contribution in [0.4, 0.5) is 20.4 Å². The minimum atomic E-state index is -4.19. The van der Waals surface area contributed by atoms with E-state index in [0.717, 1.165) is 12.1 Å². The summed E-state index contributed by atoms with van der Waals surface area (Å²) in [5.74, 6) is -1.72. The SMILES string of the molecule is Cc1nc(Nc2cc(-c3cnc(Cl)c(CS(=O)(=O)c4ccc(F)cc4F)c3C)ccn2)ccc1C#N. The average molecular weight is 526 g/mol. The fraction of sp³-hybridized carbons (Fsp3) is 0.120. The second kappa shape index (κ2) is 9.97. The molecule has 0 saturated carbocycles. The molecule has 3 heterocycles. The second-order valence-electron chi connectivity index (χ2n) is 7.90. The lowest BCUT2D eigenvalue weighted by Crippen LogP contribution is -2.10. The van der Waals surface area contributed by atoms with Crippen LogP contribution >= 0.6 is 11.6 Å². The molecule has 0 radical (unpaired) electrons. The van der Waals surface area contributed by atoms with Crippen LogP contribution in [0.3, 0.4) is 0 Å². The van der Waals surface area contributed by atoms with Crippen LogP contribution in [-0.4, -0.2) is 23.4 Å². The molecule has 0 saturated heterocycles. The molecule has 0 unspecified atom stereocenters. The Morgan fingerprint density at radius 2 is 1.83 bits per heavy atom. The second-order valence-corrected chi connectivity index (χ2v) is 10.2. The molecule has 1 aromatic carbocycles. The smallest absolute Gasteiger partial charge is 0.185 e. The van der Waals surface area contributed by atoms with Crippen molar-refractivity contribution in [2.24, 2.45) is 0 Å². The number of nitriles is 1. The number of pyridine rings is 3. The molecule has 1 N–H and O–H groups in total. The van der Waals surface area contributed by atoms with Crippen molar-refractivity contribution in [3.05, 3.63) is 94.0 Å². The molecule has 0 aliphatic carbocycles. The van der Waals surface area contributed by atoms with Crippen LogP contribution in [0, 0.1) is 36.8 Å². The number of nitrogens with one attached hydrogen (secondary N) is 1. The van der Waals surface area contributed by atoms with Gasteiger partial charge < -0.3 is 5.32 Å². The standard InChI is InChI=1S/C25H18ClF2N5O2S/c1-14-19(16-7-8-30-24(9-16)33-23-6-3-17(11-29)15(2)32-23)12-31-25(26)20(14)13-36(34,35)22-5-4-18(27)10-21(22)28/h3-10,12H,13H2,1-2H3,(H,30,32,33). The van der Waals surface area contributed by atoms with E-state index in [9.17, 15) is 17.2 Å². The lowest BCUT2D eigenvalue weighted by atomic mass is 10.0. The van der Waals surface area contributed by atoms with Gasteiger partial charge in [0.05, 0.1) is 17.0 Å². The molecular formula is C25H18ClF2N5O2S. The Kier molecular flexibility index (Phi) is 6.97. The van der Waals surface area contributed by atoms with Gasteiger partial charge in [0.1, 0.15) is 39.4 Å². The summed E-state index contributed by atoms with van der Waals surface area (Å²) < 4.78 is 53.3. The molecule has 3 aromatic heterocycles. The van der Waals surface area contributed by atoms with E-state index >= 15 is 0 Å². The van der Waals surface area contributed by atoms with E-state index < -0.39 is 32.1 Å². The van der Waals surface area contributed by atoms with E-state index in [0.29, 0.717) is 45.6 Å². The topological polar surface area (TPSA) is 109 Å². The minimum Gasteiger partial charge on any atom is -0.325 e. The van der Waals surface area contributed by atoms with Crippen LogP contribution in [0.5, 0.6) is 0 Å². The van der Waals surface area contributed by atoms with Gasteiger partial charge in [-0.25, -0.2) is 32.2 Å². The average Bonchev–Trinajstić information content (AvgIpc) is 2.82. The third-order valence-corrected chi connectivity index (χ3v) is 7.51. The van der Waals surface area contributed by atoms with Gasteiger partial charge in [-0.1, -0.05) is 11.6 Å². The van der Waals surface area contributed by atoms with Crippen LogP contribution < -0.4 is 5.32 Å². The first-order chi connectivity index (χ1) is 17.1. The summed E-state index contributed by atoms with van der Waals surface area (Å²) in [5, 5.41) is 12.1. The molecule has 0 amide bonds. The molecule has 0 fully saturated rings. The molecular weight excluding hydrogens is 508 g/mol. The van der Waals surface area contributed by atoms with Crippen LogP contribution in [0.25, 0.3) is 11.1 Å². The number of hydrogen-bond donors (Lipinski definition) is 1. The van der Waals surface area contributed by atoms with Crippen LogP contribution in [0.1, 0.15) is 22.4 Å². The maximum Gasteiger partial charge on any atom is 0.185 e. The van der Waals surface area contributed by atoms with Crippen LogP contribution in [0.2, 0.25) is 5.15 Å². The highest BCUT2D eigenvalue weighted by molar-refractivity contribution is 7.90. The summed E-state index contributed by atoms with van der Waals surface area (Å²) in [6.45, 7) is 3.41. The summed E-state index contributed by atoms with van der Waals surface area (Å²) in [7, 11) is -4.19. The van der Waals surface area contributed by atoms with Gasteiger partial charge in [-0.05, 0) is 61.4 Å². The van der Waals surface area contributed by atoms with Gasteiger partial charge in [0, 0.05) is 29.6 Å². The maximum absolute atomic E-state index is 14.2. The van der Waals surface area contributed by atoms with Gasteiger partial charge in [-0.2, -0.15) is 5.26 Å². The van der Waals surface area contributed by atoms with Crippen molar-refractivity contribution in [2.75, 3.05) is 5.32 Å². The lowest BCUT2D eigenvalue weighted by Gasteiger charge is -2.14. The van der Waals surface area contributed by atoms with Gasteiger partial charge in [-0.15, -0.1) is 0 Å². The monoisotopic (exact) mass is 525 g/mol. The van der Waals surface area contributed by atoms with E-state index in [1.807, 2.05) is 0 Å². The Balaban J connectivity index is 1.68. The van der Waals surface area contributed by atoms with Crippen molar-refractivity contribution in [1.29, 1.82) is 5.26 Å². The van der Waals surface area contributed by atoms with Gasteiger partial charge in [0.15, 0.2) is 9.84 Å². The molecule has 4 rings (SSSR count). The molecule has 11 heteroatoms. The number of halogens is 3. The van der Waals surface area contributed by atoms with E-state index in [-0.39, 0.29) is 10.7 Å². The Labute approximate surface area is 211 Å². The first kappa shape index (κ1) is 25.2. The summed E-state index contributed by atoms with van der Waals surface area (Å²) in [6, 6.07) is 11.1. The first-order valence-electron chi connectivity index (χ1n) is 10.5. The molecule has 4 aromatic rings. The van der Waals surface area contributed by atoms with E-state index in [1.54, 1.807) is 44.3 Å². The van der Waals surface area contributed by atoms with E-state index in [1.165, 1.54) is 6.20 Å². The minimum absolute atomic E-state index is 0.0352. The Morgan fingerprint density at radius 3 is 2.53 bits per heavy atom. The van der Waals surface area contributed by atoms with Crippen LogP contribution in [0.15, 0.2) is 59.8 Å². The fourth-order valence-corrected chi connectivity index (χ4v) is 5.47. The first-order valence-corrected chi connectivity index (χ1v) is 12.5. The number of anilines is 2. The summed E-state index contributed by atoms with van der Waals surface area (Å²) >= 11 is 6.24. The summed E-state index contributed by atoms with van der Waals surface area (Å²) in [4.78, 5) is 12.1. The molecule has 0 aliphatic heterocycles. The third-order valence-electron chi connectivity index (χ3n) is 5.51. The highest BCUT2D eigenvalue weighted by Gasteiger charge is 2.24. The zero-order chi connectivity index (χ0) is 26.0.